The number of likely N-dealkylation sites (tertiary alicyclic amines) is 2. The van der Waals surface area contributed by atoms with Gasteiger partial charge in [0.25, 0.3) is 0 Å². The van der Waals surface area contributed by atoms with Crippen LogP contribution in [0, 0.1) is 0 Å². The topological polar surface area (TPSA) is 26.8 Å². The van der Waals surface area contributed by atoms with Crippen molar-refractivity contribution >= 4 is 5.91 Å². The molecule has 4 heteroatoms. The third-order valence-electron chi connectivity index (χ3n) is 6.77. The molecule has 2 heterocycles. The molecule has 1 amide bonds. The second kappa shape index (κ2) is 10.2. The SMILES string of the molecule is CN(C(=O)CN1CCCC1CN1CCCCC1)C(c1ccccc1)c1ccccc1. The molecule has 2 aliphatic rings. The van der Waals surface area contributed by atoms with E-state index in [-0.39, 0.29) is 11.9 Å². The number of carbonyl (C=O) groups is 1. The second-order valence-electron chi connectivity index (χ2n) is 8.86. The van der Waals surface area contributed by atoms with Gasteiger partial charge in [-0.1, -0.05) is 67.1 Å². The molecule has 1 unspecified atom stereocenters. The summed E-state index contributed by atoms with van der Waals surface area (Å²) in [6.45, 7) is 5.13. The number of amides is 1. The zero-order chi connectivity index (χ0) is 20.8. The molecule has 2 aliphatic heterocycles. The fourth-order valence-corrected chi connectivity index (χ4v) is 5.09. The zero-order valence-corrected chi connectivity index (χ0v) is 18.2. The van der Waals surface area contributed by atoms with Crippen molar-refractivity contribution in [2.75, 3.05) is 39.8 Å². The standard InChI is InChI=1S/C26H35N3O/c1-27(26(22-12-5-2-6-13-22)23-14-7-3-8-15-23)25(30)21-29-19-11-16-24(29)20-28-17-9-4-10-18-28/h2-3,5-8,12-15,24,26H,4,9-11,16-21H2,1H3. The Kier molecular flexibility index (Phi) is 7.19. The molecule has 2 saturated heterocycles. The molecule has 0 N–H and O–H groups in total. The Bertz CT molecular complexity index is 749. The summed E-state index contributed by atoms with van der Waals surface area (Å²) in [4.78, 5) is 20.4. The molecule has 0 radical (unpaired) electrons. The van der Waals surface area contributed by atoms with Crippen molar-refractivity contribution in [2.24, 2.45) is 0 Å². The van der Waals surface area contributed by atoms with Gasteiger partial charge in [0, 0.05) is 19.6 Å². The van der Waals surface area contributed by atoms with Crippen molar-refractivity contribution < 1.29 is 4.79 Å². The van der Waals surface area contributed by atoms with Crippen LogP contribution in [0.5, 0.6) is 0 Å². The summed E-state index contributed by atoms with van der Waals surface area (Å²) < 4.78 is 0. The van der Waals surface area contributed by atoms with Crippen LogP contribution in [0.3, 0.4) is 0 Å². The summed E-state index contributed by atoms with van der Waals surface area (Å²) in [5.74, 6) is 0.207. The largest absolute Gasteiger partial charge is 0.334 e. The number of rotatable bonds is 7. The van der Waals surface area contributed by atoms with Gasteiger partial charge in [0.2, 0.25) is 5.91 Å². The molecular weight excluding hydrogens is 370 g/mol. The average Bonchev–Trinajstić information content (AvgIpc) is 3.22. The van der Waals surface area contributed by atoms with Crippen LogP contribution in [0.25, 0.3) is 0 Å². The van der Waals surface area contributed by atoms with E-state index < -0.39 is 0 Å². The average molecular weight is 406 g/mol. The van der Waals surface area contributed by atoms with Crippen molar-refractivity contribution in [2.45, 2.75) is 44.2 Å². The summed E-state index contributed by atoms with van der Waals surface area (Å²) in [6, 6.07) is 21.2. The van der Waals surface area contributed by atoms with Crippen LogP contribution in [0.4, 0.5) is 0 Å². The first kappa shape index (κ1) is 21.1. The van der Waals surface area contributed by atoms with Gasteiger partial charge >= 0.3 is 0 Å². The van der Waals surface area contributed by atoms with Crippen molar-refractivity contribution in [3.05, 3.63) is 71.8 Å². The van der Waals surface area contributed by atoms with Gasteiger partial charge in [-0.15, -0.1) is 0 Å². The zero-order valence-electron chi connectivity index (χ0n) is 18.2. The fourth-order valence-electron chi connectivity index (χ4n) is 5.09. The first-order valence-corrected chi connectivity index (χ1v) is 11.5. The molecule has 4 rings (SSSR count). The van der Waals surface area contributed by atoms with Crippen LogP contribution in [0.2, 0.25) is 0 Å². The Morgan fingerprint density at radius 2 is 1.50 bits per heavy atom. The Morgan fingerprint density at radius 3 is 2.10 bits per heavy atom. The van der Waals surface area contributed by atoms with Crippen LogP contribution >= 0.6 is 0 Å². The normalized spacial score (nSPS) is 20.5. The Hall–Kier alpha value is -2.17. The molecule has 2 aromatic rings. The molecule has 160 valence electrons. The summed E-state index contributed by atoms with van der Waals surface area (Å²) in [5, 5.41) is 0. The van der Waals surface area contributed by atoms with Gasteiger partial charge in [-0.05, 0) is 56.4 Å². The molecule has 0 bridgehead atoms. The second-order valence-corrected chi connectivity index (χ2v) is 8.86. The summed E-state index contributed by atoms with van der Waals surface area (Å²) in [7, 11) is 1.96. The molecule has 0 aromatic heterocycles. The van der Waals surface area contributed by atoms with E-state index in [4.69, 9.17) is 0 Å². The highest BCUT2D eigenvalue weighted by atomic mass is 16.2. The van der Waals surface area contributed by atoms with Crippen LogP contribution in [-0.4, -0.2) is 66.4 Å². The molecule has 2 aromatic carbocycles. The molecular formula is C26H35N3O. The number of carbonyl (C=O) groups excluding carboxylic acids is 1. The van der Waals surface area contributed by atoms with Gasteiger partial charge in [0.05, 0.1) is 12.6 Å². The fraction of sp³-hybridized carbons (Fsp3) is 0.500. The Balaban J connectivity index is 1.45. The van der Waals surface area contributed by atoms with Gasteiger partial charge < -0.3 is 9.80 Å². The number of likely N-dealkylation sites (N-methyl/N-ethyl adjacent to an activating group) is 1. The predicted octanol–water partition coefficient (Wildman–Crippen LogP) is 4.18. The van der Waals surface area contributed by atoms with Crippen LogP contribution < -0.4 is 0 Å². The third-order valence-corrected chi connectivity index (χ3v) is 6.77. The van der Waals surface area contributed by atoms with Gasteiger partial charge in [0.1, 0.15) is 0 Å². The number of piperidine rings is 1. The highest BCUT2D eigenvalue weighted by Crippen LogP contribution is 2.28. The number of benzene rings is 2. The van der Waals surface area contributed by atoms with E-state index in [0.717, 1.165) is 24.2 Å². The minimum Gasteiger partial charge on any atom is -0.334 e. The van der Waals surface area contributed by atoms with Crippen LogP contribution in [0.1, 0.15) is 49.3 Å². The molecule has 0 spiro atoms. The van der Waals surface area contributed by atoms with Gasteiger partial charge in [-0.2, -0.15) is 0 Å². The molecule has 30 heavy (non-hydrogen) atoms. The molecule has 1 atom stereocenters. The van der Waals surface area contributed by atoms with E-state index in [9.17, 15) is 4.79 Å². The van der Waals surface area contributed by atoms with Gasteiger partial charge in [-0.3, -0.25) is 9.69 Å². The maximum absolute atomic E-state index is 13.4. The lowest BCUT2D eigenvalue weighted by Gasteiger charge is -2.34. The highest BCUT2D eigenvalue weighted by Gasteiger charge is 2.31. The van der Waals surface area contributed by atoms with E-state index in [1.807, 2.05) is 24.1 Å². The first-order valence-electron chi connectivity index (χ1n) is 11.5. The van der Waals surface area contributed by atoms with Crippen molar-refractivity contribution in [3.8, 4) is 0 Å². The molecule has 0 saturated carbocycles. The predicted molar refractivity (Wildman–Crippen MR) is 122 cm³/mol. The maximum Gasteiger partial charge on any atom is 0.237 e. The van der Waals surface area contributed by atoms with Crippen LogP contribution in [0.15, 0.2) is 60.7 Å². The van der Waals surface area contributed by atoms with Crippen molar-refractivity contribution in [1.29, 1.82) is 0 Å². The molecule has 4 nitrogen and oxygen atoms in total. The number of hydrogen-bond donors (Lipinski definition) is 0. The smallest absolute Gasteiger partial charge is 0.237 e. The minimum atomic E-state index is -0.0527. The van der Waals surface area contributed by atoms with E-state index >= 15 is 0 Å². The quantitative estimate of drug-likeness (QED) is 0.691. The lowest BCUT2D eigenvalue weighted by atomic mass is 9.97. The summed E-state index contributed by atoms with van der Waals surface area (Å²) in [5.41, 5.74) is 2.32. The summed E-state index contributed by atoms with van der Waals surface area (Å²) in [6.07, 6.45) is 6.44. The van der Waals surface area contributed by atoms with Crippen molar-refractivity contribution in [1.82, 2.24) is 14.7 Å². The minimum absolute atomic E-state index is 0.0527. The van der Waals surface area contributed by atoms with E-state index in [1.54, 1.807) is 0 Å². The van der Waals surface area contributed by atoms with E-state index in [0.29, 0.717) is 12.6 Å². The van der Waals surface area contributed by atoms with Gasteiger partial charge in [-0.25, -0.2) is 0 Å². The monoisotopic (exact) mass is 405 g/mol. The van der Waals surface area contributed by atoms with Crippen LogP contribution in [-0.2, 0) is 4.79 Å². The third kappa shape index (κ3) is 5.11. The first-order chi connectivity index (χ1) is 14.7. The van der Waals surface area contributed by atoms with E-state index in [2.05, 4.69) is 58.3 Å². The Morgan fingerprint density at radius 1 is 0.900 bits per heavy atom. The van der Waals surface area contributed by atoms with E-state index in [1.165, 1.54) is 45.2 Å². The Labute approximate surface area is 181 Å². The molecule has 2 fully saturated rings. The molecule has 0 aliphatic carbocycles. The highest BCUT2D eigenvalue weighted by molar-refractivity contribution is 5.79. The number of hydrogen-bond acceptors (Lipinski definition) is 3. The lowest BCUT2D eigenvalue weighted by Crippen LogP contribution is -2.46. The maximum atomic E-state index is 13.4. The van der Waals surface area contributed by atoms with Crippen molar-refractivity contribution in [3.63, 3.8) is 0 Å². The van der Waals surface area contributed by atoms with Gasteiger partial charge in [0.15, 0.2) is 0 Å². The summed E-state index contributed by atoms with van der Waals surface area (Å²) >= 11 is 0. The lowest BCUT2D eigenvalue weighted by molar-refractivity contribution is -0.133. The number of nitrogens with zero attached hydrogens (tertiary/aromatic N) is 3.